The average molecular weight is 243 g/mol. The van der Waals surface area contributed by atoms with Crippen LogP contribution in [0.5, 0.6) is 0 Å². The molecule has 0 radical (unpaired) electrons. The van der Waals surface area contributed by atoms with Gasteiger partial charge in [-0.25, -0.2) is 9.59 Å². The van der Waals surface area contributed by atoms with Crippen LogP contribution in [0.1, 0.15) is 5.56 Å². The Labute approximate surface area is 98.1 Å². The molecule has 0 aliphatic heterocycles. The summed E-state index contributed by atoms with van der Waals surface area (Å²) in [5, 5.41) is 0. The number of methoxy groups -OCH3 is 2. The van der Waals surface area contributed by atoms with Crippen molar-refractivity contribution >= 4 is 23.5 Å². The highest BCUT2D eigenvalue weighted by molar-refractivity contribution is 6.44. The number of carbonyl (C=O) groups excluding carboxylic acids is 2. The van der Waals surface area contributed by atoms with Gasteiger partial charge < -0.3 is 9.47 Å². The molecule has 0 amide bonds. The highest BCUT2D eigenvalue weighted by atomic mass is 35.5. The first-order valence-corrected chi connectivity index (χ1v) is 4.86. The van der Waals surface area contributed by atoms with E-state index >= 15 is 0 Å². The number of halogens is 1. The summed E-state index contributed by atoms with van der Waals surface area (Å²) in [5.41, 5.74) is 0.315. The van der Waals surface area contributed by atoms with Gasteiger partial charge in [-0.15, -0.1) is 0 Å². The van der Waals surface area contributed by atoms with Gasteiger partial charge in [0.1, 0.15) is 0 Å². The van der Waals surface area contributed by atoms with Gasteiger partial charge in [-0.2, -0.15) is 0 Å². The Bertz CT molecular complexity index is 372. The molecule has 0 atom stereocenters. The van der Waals surface area contributed by atoms with E-state index in [2.05, 4.69) is 9.47 Å². The normalized spacial score (nSPS) is 10.7. The maximum absolute atomic E-state index is 11.6. The molecule has 0 fully saturated rings. The molecular weight excluding hydrogens is 232 g/mol. The fourth-order valence-corrected chi connectivity index (χ4v) is 1.55. The quantitative estimate of drug-likeness (QED) is 0.458. The van der Waals surface area contributed by atoms with E-state index in [0.717, 1.165) is 14.2 Å². The van der Waals surface area contributed by atoms with Crippen molar-refractivity contribution in [1.82, 2.24) is 0 Å². The van der Waals surface area contributed by atoms with E-state index in [1.54, 1.807) is 30.3 Å². The molecule has 16 heavy (non-hydrogen) atoms. The average Bonchev–Trinajstić information content (AvgIpc) is 2.36. The van der Waals surface area contributed by atoms with Gasteiger partial charge in [-0.1, -0.05) is 41.9 Å². The van der Waals surface area contributed by atoms with Gasteiger partial charge in [0.2, 0.25) is 0 Å². The van der Waals surface area contributed by atoms with E-state index in [1.807, 2.05) is 0 Å². The highest BCUT2D eigenvalue weighted by Crippen LogP contribution is 2.31. The fourth-order valence-electron chi connectivity index (χ4n) is 1.27. The van der Waals surface area contributed by atoms with Crippen molar-refractivity contribution in [2.24, 2.45) is 0 Å². The second-order valence-corrected chi connectivity index (χ2v) is 3.57. The molecule has 1 aromatic carbocycles. The molecule has 0 bridgehead atoms. The number of benzene rings is 1. The van der Waals surface area contributed by atoms with Crippen LogP contribution in [0.2, 0.25) is 0 Å². The van der Waals surface area contributed by atoms with Crippen molar-refractivity contribution < 1.29 is 19.1 Å². The molecular formula is C11H11ClO4. The van der Waals surface area contributed by atoms with Crippen molar-refractivity contribution in [3.8, 4) is 0 Å². The van der Waals surface area contributed by atoms with Gasteiger partial charge in [-0.05, 0) is 5.56 Å². The third-order valence-electron chi connectivity index (χ3n) is 2.10. The second-order valence-electron chi connectivity index (χ2n) is 3.01. The molecule has 4 nitrogen and oxygen atoms in total. The fraction of sp³-hybridized carbons (Fsp3) is 0.273. The van der Waals surface area contributed by atoms with Crippen LogP contribution < -0.4 is 0 Å². The van der Waals surface area contributed by atoms with Crippen LogP contribution in [0, 0.1) is 0 Å². The summed E-state index contributed by atoms with van der Waals surface area (Å²) in [6, 6.07) is 8.19. The first-order valence-electron chi connectivity index (χ1n) is 4.48. The lowest BCUT2D eigenvalue weighted by atomic mass is 9.98. The van der Waals surface area contributed by atoms with Crippen molar-refractivity contribution in [3.05, 3.63) is 35.9 Å². The Morgan fingerprint density at radius 2 is 1.50 bits per heavy atom. The van der Waals surface area contributed by atoms with Crippen LogP contribution in [-0.4, -0.2) is 26.2 Å². The predicted octanol–water partition coefficient (Wildman–Crippen LogP) is 1.47. The predicted molar refractivity (Wildman–Crippen MR) is 58.0 cm³/mol. The summed E-state index contributed by atoms with van der Waals surface area (Å²) in [7, 11) is 2.32. The molecule has 0 spiro atoms. The first kappa shape index (κ1) is 12.5. The van der Waals surface area contributed by atoms with Crippen molar-refractivity contribution in [2.45, 2.75) is 4.87 Å². The second kappa shape index (κ2) is 4.99. The standard InChI is InChI=1S/C11H11ClO4/c1-15-9(13)11(12,10(14)16-2)8-6-4-3-5-7-8/h3-7H,1-2H3. The molecule has 0 aromatic heterocycles. The zero-order valence-corrected chi connectivity index (χ0v) is 9.65. The Hall–Kier alpha value is -1.55. The number of hydrogen-bond acceptors (Lipinski definition) is 4. The van der Waals surface area contributed by atoms with E-state index in [0.29, 0.717) is 5.56 Å². The molecule has 5 heteroatoms. The topological polar surface area (TPSA) is 52.6 Å². The lowest BCUT2D eigenvalue weighted by molar-refractivity contribution is -0.156. The third-order valence-corrected chi connectivity index (χ3v) is 2.63. The molecule has 0 unspecified atom stereocenters. The summed E-state index contributed by atoms with van der Waals surface area (Å²) in [4.78, 5) is 21.2. The molecule has 0 heterocycles. The van der Waals surface area contributed by atoms with Crippen LogP contribution >= 0.6 is 11.6 Å². The van der Waals surface area contributed by atoms with Crippen LogP contribution in [0.15, 0.2) is 30.3 Å². The highest BCUT2D eigenvalue weighted by Gasteiger charge is 2.48. The van der Waals surface area contributed by atoms with E-state index in [9.17, 15) is 9.59 Å². The number of esters is 2. The van der Waals surface area contributed by atoms with E-state index in [4.69, 9.17) is 11.6 Å². The number of hydrogen-bond donors (Lipinski definition) is 0. The minimum atomic E-state index is -1.94. The minimum Gasteiger partial charge on any atom is -0.467 e. The Kier molecular flexibility index (Phi) is 3.90. The first-order chi connectivity index (χ1) is 7.57. The summed E-state index contributed by atoms with van der Waals surface area (Å²) in [6.07, 6.45) is 0. The maximum Gasteiger partial charge on any atom is 0.343 e. The zero-order valence-electron chi connectivity index (χ0n) is 8.90. The molecule has 1 rings (SSSR count). The van der Waals surface area contributed by atoms with Crippen LogP contribution in [0.25, 0.3) is 0 Å². The van der Waals surface area contributed by atoms with Gasteiger partial charge in [-0.3, -0.25) is 0 Å². The monoisotopic (exact) mass is 242 g/mol. The Morgan fingerprint density at radius 3 is 1.88 bits per heavy atom. The van der Waals surface area contributed by atoms with E-state index in [-0.39, 0.29) is 0 Å². The van der Waals surface area contributed by atoms with Gasteiger partial charge in [0, 0.05) is 0 Å². The van der Waals surface area contributed by atoms with Crippen molar-refractivity contribution in [2.75, 3.05) is 14.2 Å². The molecule has 0 N–H and O–H groups in total. The largest absolute Gasteiger partial charge is 0.467 e. The number of alkyl halides is 1. The number of carbonyl (C=O) groups is 2. The minimum absolute atomic E-state index is 0.315. The van der Waals surface area contributed by atoms with Crippen LogP contribution in [-0.2, 0) is 23.9 Å². The molecule has 0 aliphatic rings. The lowest BCUT2D eigenvalue weighted by Gasteiger charge is -2.21. The summed E-state index contributed by atoms with van der Waals surface area (Å²) in [6.45, 7) is 0. The SMILES string of the molecule is COC(=O)C(Cl)(C(=O)OC)c1ccccc1. The molecule has 0 saturated carbocycles. The molecule has 86 valence electrons. The van der Waals surface area contributed by atoms with Gasteiger partial charge in [0.25, 0.3) is 4.87 Å². The van der Waals surface area contributed by atoms with Crippen molar-refractivity contribution in [1.29, 1.82) is 0 Å². The number of ether oxygens (including phenoxy) is 2. The van der Waals surface area contributed by atoms with Gasteiger partial charge >= 0.3 is 11.9 Å². The van der Waals surface area contributed by atoms with Crippen LogP contribution in [0.4, 0.5) is 0 Å². The lowest BCUT2D eigenvalue weighted by Crippen LogP contribution is -2.40. The summed E-state index contributed by atoms with van der Waals surface area (Å²) in [5.74, 6) is -1.74. The zero-order chi connectivity index (χ0) is 12.2. The molecule has 1 aromatic rings. The van der Waals surface area contributed by atoms with E-state index in [1.165, 1.54) is 0 Å². The summed E-state index contributed by atoms with van der Waals surface area (Å²) >= 11 is 6.02. The van der Waals surface area contributed by atoms with E-state index < -0.39 is 16.8 Å². The Balaban J connectivity index is 3.26. The summed E-state index contributed by atoms with van der Waals surface area (Å²) < 4.78 is 9.04. The molecule has 0 aliphatic carbocycles. The van der Waals surface area contributed by atoms with Gasteiger partial charge in [0.05, 0.1) is 14.2 Å². The Morgan fingerprint density at radius 1 is 1.06 bits per heavy atom. The van der Waals surface area contributed by atoms with Gasteiger partial charge in [0.15, 0.2) is 0 Å². The number of rotatable bonds is 3. The molecule has 0 saturated heterocycles. The van der Waals surface area contributed by atoms with Crippen LogP contribution in [0.3, 0.4) is 0 Å². The third kappa shape index (κ3) is 2.02. The smallest absolute Gasteiger partial charge is 0.343 e. The maximum atomic E-state index is 11.6. The van der Waals surface area contributed by atoms with Crippen molar-refractivity contribution in [3.63, 3.8) is 0 Å².